The lowest BCUT2D eigenvalue weighted by Gasteiger charge is -2.07. The van der Waals surface area contributed by atoms with Gasteiger partial charge in [0.2, 0.25) is 5.78 Å². The summed E-state index contributed by atoms with van der Waals surface area (Å²) in [6, 6.07) is 10.1. The summed E-state index contributed by atoms with van der Waals surface area (Å²) in [7, 11) is 1.56. The second-order valence-electron chi connectivity index (χ2n) is 4.13. The molecule has 1 heterocycles. The fourth-order valence-corrected chi connectivity index (χ4v) is 1.58. The Kier molecular flexibility index (Phi) is 4.98. The first kappa shape index (κ1) is 14.6. The van der Waals surface area contributed by atoms with Gasteiger partial charge in [-0.15, -0.1) is 0 Å². The maximum Gasteiger partial charge on any atom is 0.344 e. The summed E-state index contributed by atoms with van der Waals surface area (Å²) in [5.74, 6) is 0.313. The molecule has 0 fully saturated rings. The van der Waals surface area contributed by atoms with E-state index in [1.807, 2.05) is 0 Å². The maximum atomic E-state index is 11.6. The number of ether oxygens (including phenoxy) is 3. The molecule has 0 spiro atoms. The van der Waals surface area contributed by atoms with Crippen LogP contribution < -0.4 is 9.47 Å². The molecule has 21 heavy (non-hydrogen) atoms. The number of hydrogen-bond acceptors (Lipinski definition) is 5. The van der Waals surface area contributed by atoms with Crippen LogP contribution in [0.2, 0.25) is 0 Å². The van der Waals surface area contributed by atoms with Crippen molar-refractivity contribution in [1.29, 1.82) is 0 Å². The highest BCUT2D eigenvalue weighted by Crippen LogP contribution is 2.16. The van der Waals surface area contributed by atoms with Crippen LogP contribution in [0, 0.1) is 0 Å². The minimum atomic E-state index is -0.606. The van der Waals surface area contributed by atoms with Crippen LogP contribution in [0.5, 0.6) is 11.5 Å². The third-order valence-electron chi connectivity index (χ3n) is 2.68. The van der Waals surface area contributed by atoms with Crippen molar-refractivity contribution in [3.63, 3.8) is 0 Å². The molecule has 110 valence electrons. The molecule has 1 aromatic carbocycles. The quantitative estimate of drug-likeness (QED) is 0.621. The Morgan fingerprint density at radius 3 is 2.38 bits per heavy atom. The van der Waals surface area contributed by atoms with Crippen molar-refractivity contribution in [2.45, 2.75) is 0 Å². The van der Waals surface area contributed by atoms with Crippen LogP contribution in [0.3, 0.4) is 0 Å². The molecule has 2 rings (SSSR count). The number of benzene rings is 1. The second kappa shape index (κ2) is 7.14. The van der Waals surface area contributed by atoms with Gasteiger partial charge >= 0.3 is 5.97 Å². The Morgan fingerprint density at radius 1 is 1.05 bits per heavy atom. The van der Waals surface area contributed by atoms with Crippen LogP contribution >= 0.6 is 0 Å². The third-order valence-corrected chi connectivity index (χ3v) is 2.68. The van der Waals surface area contributed by atoms with E-state index in [9.17, 15) is 9.59 Å². The van der Waals surface area contributed by atoms with Crippen LogP contribution in [-0.4, -0.2) is 37.1 Å². The molecule has 0 amide bonds. The van der Waals surface area contributed by atoms with Crippen LogP contribution in [0.15, 0.2) is 42.6 Å². The Balaban J connectivity index is 1.73. The highest BCUT2D eigenvalue weighted by atomic mass is 16.6. The molecule has 6 nitrogen and oxygen atoms in total. The van der Waals surface area contributed by atoms with Crippen LogP contribution in [0.4, 0.5) is 0 Å². The first-order chi connectivity index (χ1) is 10.2. The fourth-order valence-electron chi connectivity index (χ4n) is 1.58. The number of carbonyl (C=O) groups excluding carboxylic acids is 2. The number of carbonyl (C=O) groups is 2. The van der Waals surface area contributed by atoms with Gasteiger partial charge in [0.05, 0.1) is 12.8 Å². The summed E-state index contributed by atoms with van der Waals surface area (Å²) < 4.78 is 15.1. The summed E-state index contributed by atoms with van der Waals surface area (Å²) in [6.45, 7) is -0.574. The summed E-state index contributed by atoms with van der Waals surface area (Å²) in [5, 5.41) is 0. The topological polar surface area (TPSA) is 77.6 Å². The van der Waals surface area contributed by atoms with Crippen molar-refractivity contribution < 1.29 is 23.8 Å². The molecule has 0 aliphatic heterocycles. The summed E-state index contributed by atoms with van der Waals surface area (Å²) in [5.41, 5.74) is 0.402. The SMILES string of the molecule is COc1ccc(OCC(=O)OCC(=O)c2ccc[nH]2)cc1. The summed E-state index contributed by atoms with van der Waals surface area (Å²) >= 11 is 0. The molecule has 0 aliphatic carbocycles. The number of Topliss-reactive ketones (excluding diaryl/α,β-unsaturated/α-hetero) is 1. The molecule has 0 atom stereocenters. The summed E-state index contributed by atoms with van der Waals surface area (Å²) in [6.07, 6.45) is 1.63. The first-order valence-corrected chi connectivity index (χ1v) is 6.28. The lowest BCUT2D eigenvalue weighted by Crippen LogP contribution is -2.19. The number of aromatic nitrogens is 1. The van der Waals surface area contributed by atoms with E-state index < -0.39 is 5.97 Å². The molecule has 1 aromatic heterocycles. The van der Waals surface area contributed by atoms with Gasteiger partial charge in [0.15, 0.2) is 13.2 Å². The van der Waals surface area contributed by atoms with E-state index in [1.54, 1.807) is 49.7 Å². The van der Waals surface area contributed by atoms with Gasteiger partial charge in [-0.25, -0.2) is 4.79 Å². The largest absolute Gasteiger partial charge is 0.497 e. The maximum absolute atomic E-state index is 11.6. The molecular formula is C15H15NO5. The number of methoxy groups -OCH3 is 1. The Morgan fingerprint density at radius 2 is 1.76 bits per heavy atom. The van der Waals surface area contributed by atoms with Crippen LogP contribution in [0.1, 0.15) is 10.5 Å². The average Bonchev–Trinajstić information content (AvgIpc) is 3.05. The normalized spacial score (nSPS) is 9.95. The van der Waals surface area contributed by atoms with E-state index in [-0.39, 0.29) is 19.0 Å². The monoisotopic (exact) mass is 289 g/mol. The number of rotatable bonds is 7. The van der Waals surface area contributed by atoms with Gasteiger partial charge in [-0.1, -0.05) is 0 Å². The molecule has 2 aromatic rings. The summed E-state index contributed by atoms with van der Waals surface area (Å²) in [4.78, 5) is 25.8. The smallest absolute Gasteiger partial charge is 0.344 e. The van der Waals surface area contributed by atoms with E-state index >= 15 is 0 Å². The van der Waals surface area contributed by atoms with E-state index in [2.05, 4.69) is 4.98 Å². The number of ketones is 1. The molecule has 0 radical (unpaired) electrons. The van der Waals surface area contributed by atoms with Crippen molar-refractivity contribution >= 4 is 11.8 Å². The minimum absolute atomic E-state index is 0.260. The number of esters is 1. The van der Waals surface area contributed by atoms with Gasteiger partial charge in [-0.2, -0.15) is 0 Å². The van der Waals surface area contributed by atoms with E-state index in [0.29, 0.717) is 17.2 Å². The third kappa shape index (κ3) is 4.38. The van der Waals surface area contributed by atoms with Crippen molar-refractivity contribution in [3.05, 3.63) is 48.3 Å². The van der Waals surface area contributed by atoms with E-state index in [4.69, 9.17) is 14.2 Å². The minimum Gasteiger partial charge on any atom is -0.497 e. The van der Waals surface area contributed by atoms with Gasteiger partial charge in [0.25, 0.3) is 0 Å². The van der Waals surface area contributed by atoms with Crippen molar-refractivity contribution in [3.8, 4) is 11.5 Å². The van der Waals surface area contributed by atoms with Crippen LogP contribution in [-0.2, 0) is 9.53 Å². The number of hydrogen-bond donors (Lipinski definition) is 1. The van der Waals surface area contributed by atoms with Gasteiger partial charge < -0.3 is 19.2 Å². The molecule has 0 bridgehead atoms. The second-order valence-corrected chi connectivity index (χ2v) is 4.13. The lowest BCUT2D eigenvalue weighted by atomic mass is 10.3. The predicted octanol–water partition coefficient (Wildman–Crippen LogP) is 1.83. The molecule has 0 unspecified atom stereocenters. The lowest BCUT2D eigenvalue weighted by molar-refractivity contribution is -0.144. The zero-order valence-electron chi connectivity index (χ0n) is 11.5. The highest BCUT2D eigenvalue weighted by molar-refractivity contribution is 5.96. The van der Waals surface area contributed by atoms with E-state index in [1.165, 1.54) is 0 Å². The first-order valence-electron chi connectivity index (χ1n) is 6.28. The molecule has 0 aliphatic rings. The zero-order chi connectivity index (χ0) is 15.1. The number of nitrogens with one attached hydrogen (secondary N) is 1. The molecular weight excluding hydrogens is 274 g/mol. The van der Waals surface area contributed by atoms with E-state index in [0.717, 1.165) is 0 Å². The molecule has 1 N–H and O–H groups in total. The zero-order valence-corrected chi connectivity index (χ0v) is 11.5. The number of H-pyrrole nitrogens is 1. The van der Waals surface area contributed by atoms with Gasteiger partial charge in [0, 0.05) is 6.20 Å². The van der Waals surface area contributed by atoms with Crippen molar-refractivity contribution in [2.75, 3.05) is 20.3 Å². The Bertz CT molecular complexity index is 589. The Hall–Kier alpha value is -2.76. The van der Waals surface area contributed by atoms with Crippen molar-refractivity contribution in [1.82, 2.24) is 4.98 Å². The average molecular weight is 289 g/mol. The van der Waals surface area contributed by atoms with Crippen molar-refractivity contribution in [2.24, 2.45) is 0 Å². The molecule has 0 saturated carbocycles. The standard InChI is InChI=1S/C15H15NO5/c1-19-11-4-6-12(7-5-11)20-10-15(18)21-9-14(17)13-3-2-8-16-13/h2-8,16H,9-10H2,1H3. The van der Waals surface area contributed by atoms with Crippen LogP contribution in [0.25, 0.3) is 0 Å². The predicted molar refractivity (Wildman–Crippen MR) is 74.6 cm³/mol. The van der Waals surface area contributed by atoms with Gasteiger partial charge in [-0.3, -0.25) is 4.79 Å². The molecule has 6 heteroatoms. The molecule has 0 saturated heterocycles. The van der Waals surface area contributed by atoms with Gasteiger partial charge in [-0.05, 0) is 36.4 Å². The number of aromatic amines is 1. The Labute approximate surface area is 121 Å². The highest BCUT2D eigenvalue weighted by Gasteiger charge is 2.11. The fraction of sp³-hybridized carbons (Fsp3) is 0.200. The van der Waals surface area contributed by atoms with Gasteiger partial charge in [0.1, 0.15) is 11.5 Å².